The minimum atomic E-state index is -1.32. The lowest BCUT2D eigenvalue weighted by Crippen LogP contribution is -2.52. The molecule has 39 heavy (non-hydrogen) atoms. The Bertz CT molecular complexity index is 789. The second-order valence-electron chi connectivity index (χ2n) is 7.95. The van der Waals surface area contributed by atoms with Crippen molar-refractivity contribution in [3.8, 4) is 12.3 Å². The highest BCUT2D eigenvalue weighted by atomic mass is 16.6. The van der Waals surface area contributed by atoms with Crippen molar-refractivity contribution < 1.29 is 53.1 Å². The minimum absolute atomic E-state index is 0.106. The van der Waals surface area contributed by atoms with E-state index in [0.29, 0.717) is 39.5 Å². The van der Waals surface area contributed by atoms with Crippen LogP contribution in [0.3, 0.4) is 0 Å². The van der Waals surface area contributed by atoms with Gasteiger partial charge in [-0.05, 0) is 6.42 Å². The van der Waals surface area contributed by atoms with Crippen LogP contribution in [0.1, 0.15) is 26.2 Å². The number of unbranched alkanes of at least 4 members (excludes halogenated alkanes) is 1. The van der Waals surface area contributed by atoms with Gasteiger partial charge < -0.3 is 50.0 Å². The lowest BCUT2D eigenvalue weighted by atomic mass is 10.1. The van der Waals surface area contributed by atoms with Crippen LogP contribution in [0.5, 0.6) is 0 Å². The first-order valence-electron chi connectivity index (χ1n) is 12.5. The van der Waals surface area contributed by atoms with Crippen LogP contribution in [-0.4, -0.2) is 130 Å². The molecule has 0 aliphatic carbocycles. The molecule has 0 aliphatic rings. The van der Waals surface area contributed by atoms with Crippen LogP contribution in [0.4, 0.5) is 4.79 Å². The molecule has 0 aromatic rings. The predicted octanol–water partition coefficient (Wildman–Crippen LogP) is -1.34. The monoisotopic (exact) mass is 560 g/mol. The van der Waals surface area contributed by atoms with Gasteiger partial charge in [0.25, 0.3) is 0 Å². The summed E-state index contributed by atoms with van der Waals surface area (Å²) in [5, 5.41) is 24.9. The zero-order chi connectivity index (χ0) is 29.3. The first-order chi connectivity index (χ1) is 18.7. The Hall–Kier alpha value is -3.45. The number of carboxylic acid groups (broad SMARTS) is 2. The van der Waals surface area contributed by atoms with E-state index < -0.39 is 55.5 Å². The van der Waals surface area contributed by atoms with E-state index >= 15 is 0 Å². The highest BCUT2D eigenvalue weighted by Gasteiger charge is 2.24. The maximum atomic E-state index is 12.4. The fraction of sp³-hybridized carbons (Fsp3) is 0.708. The molecule has 0 rings (SSSR count). The predicted molar refractivity (Wildman–Crippen MR) is 137 cm³/mol. The molecule has 0 heterocycles. The van der Waals surface area contributed by atoms with E-state index in [0.717, 1.165) is 11.3 Å². The number of carbonyl (C=O) groups excluding carboxylic acids is 3. The van der Waals surface area contributed by atoms with Crippen LogP contribution in [0.25, 0.3) is 0 Å². The zero-order valence-corrected chi connectivity index (χ0v) is 22.3. The SMILES string of the molecule is C#CCOCCOCCOCCOCCNC(=O)CN(CC(=O)NC(CCCC)C(=O)O)C(=O)NCC(=O)O. The van der Waals surface area contributed by atoms with E-state index in [1.807, 2.05) is 6.92 Å². The number of urea groups is 1. The molecule has 0 radical (unpaired) electrons. The highest BCUT2D eigenvalue weighted by molar-refractivity contribution is 5.90. The van der Waals surface area contributed by atoms with Gasteiger partial charge in [-0.3, -0.25) is 14.4 Å². The number of terminal acetylenes is 1. The Balaban J connectivity index is 4.36. The molecular weight excluding hydrogens is 520 g/mol. The molecule has 1 unspecified atom stereocenters. The average Bonchev–Trinajstić information content (AvgIpc) is 2.89. The third-order valence-electron chi connectivity index (χ3n) is 4.70. The van der Waals surface area contributed by atoms with Crippen molar-refractivity contribution >= 4 is 29.8 Å². The Morgan fingerprint density at radius 2 is 1.41 bits per heavy atom. The van der Waals surface area contributed by atoms with Crippen LogP contribution >= 0.6 is 0 Å². The van der Waals surface area contributed by atoms with Crippen LogP contribution in [0.2, 0.25) is 0 Å². The summed E-state index contributed by atoms with van der Waals surface area (Å²) in [5.41, 5.74) is 0. The number of carboxylic acids is 2. The van der Waals surface area contributed by atoms with E-state index in [2.05, 4.69) is 21.9 Å². The molecule has 0 saturated carbocycles. The molecule has 15 heteroatoms. The Morgan fingerprint density at radius 3 is 1.95 bits per heavy atom. The molecule has 4 amide bonds. The van der Waals surface area contributed by atoms with Crippen molar-refractivity contribution in [2.24, 2.45) is 0 Å². The van der Waals surface area contributed by atoms with E-state index in [4.69, 9.17) is 30.5 Å². The molecule has 0 fully saturated rings. The number of rotatable bonds is 24. The van der Waals surface area contributed by atoms with Crippen molar-refractivity contribution in [1.82, 2.24) is 20.9 Å². The summed E-state index contributed by atoms with van der Waals surface area (Å²) in [7, 11) is 0. The second kappa shape index (κ2) is 23.7. The van der Waals surface area contributed by atoms with Gasteiger partial charge in [-0.2, -0.15) is 0 Å². The quantitative estimate of drug-likeness (QED) is 0.0690. The van der Waals surface area contributed by atoms with E-state index in [1.165, 1.54) is 0 Å². The molecule has 0 aliphatic heterocycles. The molecule has 0 aromatic heterocycles. The molecule has 0 bridgehead atoms. The average molecular weight is 561 g/mol. The van der Waals surface area contributed by atoms with E-state index in [9.17, 15) is 29.1 Å². The van der Waals surface area contributed by atoms with Crippen LogP contribution < -0.4 is 16.0 Å². The normalized spacial score (nSPS) is 11.2. The molecule has 0 spiro atoms. The van der Waals surface area contributed by atoms with Crippen molar-refractivity contribution in [2.75, 3.05) is 79.0 Å². The summed E-state index contributed by atoms with van der Waals surface area (Å²) in [4.78, 5) is 59.9. The molecule has 15 nitrogen and oxygen atoms in total. The summed E-state index contributed by atoms with van der Waals surface area (Å²) in [5.74, 6) is -1.62. The number of nitrogens with one attached hydrogen (secondary N) is 3. The third kappa shape index (κ3) is 21.2. The number of aliphatic carboxylic acids is 2. The highest BCUT2D eigenvalue weighted by Crippen LogP contribution is 2.01. The Kier molecular flexibility index (Phi) is 21.6. The largest absolute Gasteiger partial charge is 0.480 e. The summed E-state index contributed by atoms with van der Waals surface area (Å²) < 4.78 is 21.0. The maximum Gasteiger partial charge on any atom is 0.326 e. The maximum absolute atomic E-state index is 12.4. The topological polar surface area (TPSA) is 202 Å². The lowest BCUT2D eigenvalue weighted by Gasteiger charge is -2.23. The van der Waals surface area contributed by atoms with Gasteiger partial charge in [0.1, 0.15) is 32.3 Å². The lowest BCUT2D eigenvalue weighted by molar-refractivity contribution is -0.142. The zero-order valence-electron chi connectivity index (χ0n) is 22.3. The molecular formula is C24H40N4O11. The number of carbonyl (C=O) groups is 5. The molecule has 0 saturated heterocycles. The fourth-order valence-electron chi connectivity index (χ4n) is 2.82. The van der Waals surface area contributed by atoms with E-state index in [1.54, 1.807) is 0 Å². The van der Waals surface area contributed by atoms with Gasteiger partial charge in [-0.25, -0.2) is 9.59 Å². The molecule has 0 aromatic carbocycles. The number of amides is 4. The minimum Gasteiger partial charge on any atom is -0.480 e. The number of hydrogen-bond acceptors (Lipinski definition) is 9. The molecule has 222 valence electrons. The molecule has 5 N–H and O–H groups in total. The van der Waals surface area contributed by atoms with Crippen molar-refractivity contribution in [2.45, 2.75) is 32.2 Å². The van der Waals surface area contributed by atoms with Crippen LogP contribution in [-0.2, 0) is 38.1 Å². The number of nitrogens with zero attached hydrogens (tertiary/aromatic N) is 1. The van der Waals surface area contributed by atoms with Crippen molar-refractivity contribution in [1.29, 1.82) is 0 Å². The van der Waals surface area contributed by atoms with Crippen LogP contribution in [0, 0.1) is 12.3 Å². The first kappa shape index (κ1) is 35.5. The molecule has 1 atom stereocenters. The Labute approximate surface area is 227 Å². The number of hydrogen-bond donors (Lipinski definition) is 5. The van der Waals surface area contributed by atoms with Gasteiger partial charge in [0, 0.05) is 6.54 Å². The summed E-state index contributed by atoms with van der Waals surface area (Å²) in [6.45, 7) is 2.58. The van der Waals surface area contributed by atoms with Gasteiger partial charge in [-0.15, -0.1) is 6.42 Å². The van der Waals surface area contributed by atoms with Crippen molar-refractivity contribution in [3.05, 3.63) is 0 Å². The smallest absolute Gasteiger partial charge is 0.326 e. The van der Waals surface area contributed by atoms with Crippen molar-refractivity contribution in [3.63, 3.8) is 0 Å². The van der Waals surface area contributed by atoms with Gasteiger partial charge in [0.05, 0.1) is 46.2 Å². The Morgan fingerprint density at radius 1 is 0.846 bits per heavy atom. The second-order valence-corrected chi connectivity index (χ2v) is 7.95. The van der Waals surface area contributed by atoms with Gasteiger partial charge in [0.15, 0.2) is 0 Å². The fourth-order valence-corrected chi connectivity index (χ4v) is 2.82. The van der Waals surface area contributed by atoms with Gasteiger partial charge in [-0.1, -0.05) is 25.7 Å². The summed E-state index contributed by atoms with van der Waals surface area (Å²) in [6.07, 6.45) is 6.54. The van der Waals surface area contributed by atoms with E-state index in [-0.39, 0.29) is 32.8 Å². The first-order valence-corrected chi connectivity index (χ1v) is 12.5. The van der Waals surface area contributed by atoms with Crippen LogP contribution in [0.15, 0.2) is 0 Å². The third-order valence-corrected chi connectivity index (χ3v) is 4.70. The van der Waals surface area contributed by atoms with Gasteiger partial charge >= 0.3 is 18.0 Å². The standard InChI is InChI=1S/C24H40N4O11/c1-3-5-6-19(23(33)34)27-21(30)18-28(24(35)26-16-22(31)32)17-20(29)25-7-9-37-11-13-39-15-14-38-12-10-36-8-4-2/h2,19H,3,5-18H2,1H3,(H,25,29)(H,26,35)(H,27,30)(H,31,32)(H,33,34). The summed E-state index contributed by atoms with van der Waals surface area (Å²) in [6, 6.07) is -2.12. The van der Waals surface area contributed by atoms with Gasteiger partial charge in [0.2, 0.25) is 11.8 Å². The number of ether oxygens (including phenoxy) is 4. The summed E-state index contributed by atoms with van der Waals surface area (Å²) >= 11 is 0.